The van der Waals surface area contributed by atoms with Gasteiger partial charge in [-0.25, -0.2) is 13.6 Å². The van der Waals surface area contributed by atoms with Gasteiger partial charge in [-0.15, -0.1) is 0 Å². The summed E-state index contributed by atoms with van der Waals surface area (Å²) in [6.07, 6.45) is 0. The summed E-state index contributed by atoms with van der Waals surface area (Å²) in [4.78, 5) is 15.4. The number of anilines is 1. The zero-order valence-corrected chi connectivity index (χ0v) is 14.8. The van der Waals surface area contributed by atoms with E-state index in [1.165, 1.54) is 0 Å². The molecule has 24 heavy (non-hydrogen) atoms. The van der Waals surface area contributed by atoms with Gasteiger partial charge in [-0.3, -0.25) is 4.79 Å². The number of primary sulfonamides is 1. The summed E-state index contributed by atoms with van der Waals surface area (Å²) in [7, 11) is -3.62. The van der Waals surface area contributed by atoms with E-state index in [1.807, 2.05) is 18.2 Å². The molecule has 124 valence electrons. The number of amides is 1. The number of fused-ring (bicyclic) bond motifs is 1. The Hall–Kier alpha value is -2.16. The summed E-state index contributed by atoms with van der Waals surface area (Å²) in [6, 6.07) is 14.0. The number of hydrogen-bond acceptors (Lipinski definition) is 3. The van der Waals surface area contributed by atoms with Gasteiger partial charge in [0.2, 0.25) is 10.0 Å². The molecule has 1 heterocycles. The van der Waals surface area contributed by atoms with Crippen LogP contribution in [-0.2, 0) is 15.8 Å². The number of sulfonamides is 1. The molecule has 0 unspecified atom stereocenters. The highest BCUT2D eigenvalue weighted by atomic mass is 79.9. The SMILES string of the molecule is NS(=O)(=O)Cc1cccc(NC(=O)c2cc3ccc(Br)cc3[nH]2)c1. The predicted octanol–water partition coefficient (Wildman–Crippen LogP) is 2.97. The lowest BCUT2D eigenvalue weighted by Gasteiger charge is -2.06. The first-order valence-electron chi connectivity index (χ1n) is 6.99. The molecule has 0 spiro atoms. The van der Waals surface area contributed by atoms with Crippen molar-refractivity contribution in [1.29, 1.82) is 0 Å². The number of halogens is 1. The average molecular weight is 408 g/mol. The fourth-order valence-electron chi connectivity index (χ4n) is 2.39. The van der Waals surface area contributed by atoms with Crippen LogP contribution in [0, 0.1) is 0 Å². The van der Waals surface area contributed by atoms with Gasteiger partial charge in [0, 0.05) is 21.1 Å². The van der Waals surface area contributed by atoms with Crippen LogP contribution in [0.1, 0.15) is 16.1 Å². The number of benzene rings is 2. The van der Waals surface area contributed by atoms with Crippen LogP contribution in [-0.4, -0.2) is 19.3 Å². The predicted molar refractivity (Wildman–Crippen MR) is 97.2 cm³/mol. The average Bonchev–Trinajstić information content (AvgIpc) is 2.89. The first-order valence-corrected chi connectivity index (χ1v) is 9.50. The van der Waals surface area contributed by atoms with Gasteiger partial charge < -0.3 is 10.3 Å². The third-order valence-corrected chi connectivity index (χ3v) is 4.61. The fraction of sp³-hybridized carbons (Fsp3) is 0.0625. The standard InChI is InChI=1S/C16H14BrN3O3S/c17-12-5-4-11-7-15(20-14(11)8-12)16(21)19-13-3-1-2-10(6-13)9-24(18,22)23/h1-8,20H,9H2,(H,19,21)(H2,18,22,23). The molecule has 0 aliphatic carbocycles. The van der Waals surface area contributed by atoms with E-state index in [-0.39, 0.29) is 11.7 Å². The number of H-pyrrole nitrogens is 1. The van der Waals surface area contributed by atoms with Crippen molar-refractivity contribution in [1.82, 2.24) is 4.98 Å². The number of aromatic amines is 1. The zero-order chi connectivity index (χ0) is 17.3. The van der Waals surface area contributed by atoms with Crippen molar-refractivity contribution in [3.05, 3.63) is 64.3 Å². The van der Waals surface area contributed by atoms with Gasteiger partial charge >= 0.3 is 0 Å². The fourth-order valence-corrected chi connectivity index (χ4v) is 3.40. The number of rotatable bonds is 4. The largest absolute Gasteiger partial charge is 0.350 e. The normalized spacial score (nSPS) is 11.6. The van der Waals surface area contributed by atoms with E-state index in [2.05, 4.69) is 26.2 Å². The Balaban J connectivity index is 1.82. The maximum atomic E-state index is 12.4. The Morgan fingerprint density at radius 1 is 1.17 bits per heavy atom. The van der Waals surface area contributed by atoms with Crippen LogP contribution in [0.5, 0.6) is 0 Å². The minimum Gasteiger partial charge on any atom is -0.350 e. The van der Waals surface area contributed by atoms with Gasteiger partial charge in [0.05, 0.1) is 5.75 Å². The second-order valence-electron chi connectivity index (χ2n) is 5.38. The lowest BCUT2D eigenvalue weighted by Crippen LogP contribution is -2.15. The molecule has 0 bridgehead atoms. The molecule has 8 heteroatoms. The van der Waals surface area contributed by atoms with E-state index in [9.17, 15) is 13.2 Å². The second kappa shape index (κ2) is 6.39. The molecule has 0 atom stereocenters. The molecule has 0 fully saturated rings. The van der Waals surface area contributed by atoms with E-state index < -0.39 is 10.0 Å². The number of carbonyl (C=O) groups is 1. The topological polar surface area (TPSA) is 105 Å². The van der Waals surface area contributed by atoms with Gasteiger partial charge in [0.15, 0.2) is 0 Å². The Kier molecular flexibility index (Phi) is 4.44. The Morgan fingerprint density at radius 3 is 2.71 bits per heavy atom. The van der Waals surface area contributed by atoms with Gasteiger partial charge in [-0.1, -0.05) is 34.1 Å². The number of nitrogens with two attached hydrogens (primary N) is 1. The van der Waals surface area contributed by atoms with Crippen molar-refractivity contribution in [3.8, 4) is 0 Å². The summed E-state index contributed by atoms with van der Waals surface area (Å²) in [5.41, 5.74) is 2.27. The number of hydrogen-bond donors (Lipinski definition) is 3. The number of carbonyl (C=O) groups excluding carboxylic acids is 1. The van der Waals surface area contributed by atoms with E-state index in [1.54, 1.807) is 30.3 Å². The Bertz CT molecular complexity index is 1030. The molecule has 0 saturated carbocycles. The molecule has 0 saturated heterocycles. The molecule has 1 amide bonds. The van der Waals surface area contributed by atoms with E-state index in [0.717, 1.165) is 15.4 Å². The summed E-state index contributed by atoms with van der Waals surface area (Å²) in [6.45, 7) is 0. The molecular formula is C16H14BrN3O3S. The van der Waals surface area contributed by atoms with Crippen LogP contribution >= 0.6 is 15.9 Å². The van der Waals surface area contributed by atoms with Crippen molar-refractivity contribution in [2.75, 3.05) is 5.32 Å². The van der Waals surface area contributed by atoms with Crippen LogP contribution in [0.15, 0.2) is 53.0 Å². The van der Waals surface area contributed by atoms with Crippen LogP contribution in [0.4, 0.5) is 5.69 Å². The maximum absolute atomic E-state index is 12.4. The van der Waals surface area contributed by atoms with Crippen LogP contribution in [0.3, 0.4) is 0 Å². The van der Waals surface area contributed by atoms with E-state index in [4.69, 9.17) is 5.14 Å². The quantitative estimate of drug-likeness (QED) is 0.618. The number of aromatic nitrogens is 1. The van der Waals surface area contributed by atoms with Gasteiger partial charge in [0.1, 0.15) is 5.69 Å². The monoisotopic (exact) mass is 407 g/mol. The van der Waals surface area contributed by atoms with Crippen LogP contribution in [0.2, 0.25) is 0 Å². The summed E-state index contributed by atoms with van der Waals surface area (Å²) in [5, 5.41) is 8.71. The lowest BCUT2D eigenvalue weighted by molar-refractivity contribution is 0.102. The van der Waals surface area contributed by atoms with Crippen molar-refractivity contribution >= 4 is 48.5 Å². The first-order chi connectivity index (χ1) is 11.3. The van der Waals surface area contributed by atoms with Crippen molar-refractivity contribution in [3.63, 3.8) is 0 Å². The van der Waals surface area contributed by atoms with E-state index in [0.29, 0.717) is 16.9 Å². The second-order valence-corrected chi connectivity index (χ2v) is 7.91. The highest BCUT2D eigenvalue weighted by Gasteiger charge is 2.11. The van der Waals surface area contributed by atoms with E-state index >= 15 is 0 Å². The molecule has 6 nitrogen and oxygen atoms in total. The lowest BCUT2D eigenvalue weighted by atomic mass is 10.2. The minimum atomic E-state index is -3.62. The van der Waals surface area contributed by atoms with Gasteiger partial charge in [-0.2, -0.15) is 0 Å². The minimum absolute atomic E-state index is 0.281. The zero-order valence-electron chi connectivity index (χ0n) is 12.4. The maximum Gasteiger partial charge on any atom is 0.272 e. The summed E-state index contributed by atoms with van der Waals surface area (Å²) >= 11 is 3.38. The summed E-state index contributed by atoms with van der Waals surface area (Å²) in [5.74, 6) is -0.591. The van der Waals surface area contributed by atoms with Crippen LogP contribution in [0.25, 0.3) is 10.9 Å². The third kappa shape index (κ3) is 4.02. The smallest absolute Gasteiger partial charge is 0.272 e. The molecule has 3 aromatic rings. The molecule has 3 rings (SSSR count). The van der Waals surface area contributed by atoms with Crippen LogP contribution < -0.4 is 10.5 Å². The third-order valence-electron chi connectivity index (χ3n) is 3.38. The van der Waals surface area contributed by atoms with Gasteiger partial charge in [0.25, 0.3) is 5.91 Å². The van der Waals surface area contributed by atoms with Crippen molar-refractivity contribution in [2.24, 2.45) is 5.14 Å². The van der Waals surface area contributed by atoms with Crippen molar-refractivity contribution in [2.45, 2.75) is 5.75 Å². The number of nitrogens with one attached hydrogen (secondary N) is 2. The molecule has 0 aliphatic heterocycles. The molecule has 0 aliphatic rings. The molecule has 1 aromatic heterocycles. The Labute approximate surface area is 147 Å². The summed E-state index contributed by atoms with van der Waals surface area (Å²) < 4.78 is 23.2. The highest BCUT2D eigenvalue weighted by molar-refractivity contribution is 9.10. The molecule has 4 N–H and O–H groups in total. The molecular weight excluding hydrogens is 394 g/mol. The highest BCUT2D eigenvalue weighted by Crippen LogP contribution is 2.21. The molecule has 0 radical (unpaired) electrons. The first kappa shape index (κ1) is 16.7. The van der Waals surface area contributed by atoms with Crippen molar-refractivity contribution < 1.29 is 13.2 Å². The Morgan fingerprint density at radius 2 is 1.96 bits per heavy atom. The molecule has 2 aromatic carbocycles. The van der Waals surface area contributed by atoms with Gasteiger partial charge in [-0.05, 0) is 35.9 Å².